The van der Waals surface area contributed by atoms with Crippen LogP contribution >= 0.6 is 15.9 Å². The molecule has 94 valence electrons. The summed E-state index contributed by atoms with van der Waals surface area (Å²) < 4.78 is 14.5. The second-order valence-electron chi connectivity index (χ2n) is 4.21. The second-order valence-corrected chi connectivity index (χ2v) is 5.13. The van der Waals surface area contributed by atoms with Crippen molar-refractivity contribution in [2.45, 2.75) is 19.4 Å². The van der Waals surface area contributed by atoms with Crippen molar-refractivity contribution in [3.8, 4) is 0 Å². The Hall–Kier alpha value is -1.26. The largest absolute Gasteiger partial charge is 0.388 e. The van der Waals surface area contributed by atoms with Gasteiger partial charge in [0.05, 0.1) is 6.10 Å². The van der Waals surface area contributed by atoms with Crippen LogP contribution in [0, 0.1) is 12.7 Å². The zero-order valence-electron chi connectivity index (χ0n) is 9.90. The van der Waals surface area contributed by atoms with Crippen LogP contribution in [0.15, 0.2) is 41.0 Å². The van der Waals surface area contributed by atoms with E-state index in [9.17, 15) is 9.50 Å². The van der Waals surface area contributed by atoms with Crippen LogP contribution < -0.4 is 0 Å². The molecule has 18 heavy (non-hydrogen) atoms. The Labute approximate surface area is 114 Å². The molecular formula is C14H13BrFNO. The average molecular weight is 310 g/mol. The fraction of sp³-hybridized carbons (Fsp3) is 0.214. The molecular weight excluding hydrogens is 297 g/mol. The van der Waals surface area contributed by atoms with Gasteiger partial charge in [-0.05, 0) is 41.1 Å². The zero-order chi connectivity index (χ0) is 13.1. The van der Waals surface area contributed by atoms with Crippen molar-refractivity contribution >= 4 is 15.9 Å². The molecule has 1 atom stereocenters. The van der Waals surface area contributed by atoms with E-state index in [1.807, 2.05) is 13.0 Å². The highest BCUT2D eigenvalue weighted by atomic mass is 79.9. The molecule has 0 aliphatic rings. The van der Waals surface area contributed by atoms with Crippen molar-refractivity contribution in [2.24, 2.45) is 0 Å². The van der Waals surface area contributed by atoms with Gasteiger partial charge in [-0.15, -0.1) is 0 Å². The Kier molecular flexibility index (Phi) is 4.09. The van der Waals surface area contributed by atoms with Crippen LogP contribution in [0.4, 0.5) is 4.39 Å². The number of hydrogen-bond acceptors (Lipinski definition) is 2. The number of aromatic nitrogens is 1. The molecule has 1 unspecified atom stereocenters. The topological polar surface area (TPSA) is 33.1 Å². The fourth-order valence-corrected chi connectivity index (χ4v) is 1.99. The Morgan fingerprint density at radius 2 is 2.11 bits per heavy atom. The predicted octanol–water partition coefficient (Wildman–Crippen LogP) is 3.57. The molecule has 0 fully saturated rings. The van der Waals surface area contributed by atoms with Crippen LogP contribution in [0.25, 0.3) is 0 Å². The minimum atomic E-state index is -0.876. The van der Waals surface area contributed by atoms with Gasteiger partial charge in [0.1, 0.15) is 5.82 Å². The molecule has 2 nitrogen and oxygen atoms in total. The van der Waals surface area contributed by atoms with E-state index in [0.29, 0.717) is 12.0 Å². The summed E-state index contributed by atoms with van der Waals surface area (Å²) in [7, 11) is 0. The lowest BCUT2D eigenvalue weighted by atomic mass is 10.0. The molecule has 0 saturated carbocycles. The molecule has 0 radical (unpaired) electrons. The summed E-state index contributed by atoms with van der Waals surface area (Å²) in [6.45, 7) is 1.87. The predicted molar refractivity (Wildman–Crippen MR) is 71.7 cm³/mol. The molecule has 2 aromatic rings. The van der Waals surface area contributed by atoms with Crippen molar-refractivity contribution in [1.29, 1.82) is 0 Å². The van der Waals surface area contributed by atoms with E-state index < -0.39 is 6.10 Å². The van der Waals surface area contributed by atoms with Gasteiger partial charge in [0.25, 0.3) is 0 Å². The normalized spacial score (nSPS) is 12.4. The number of aliphatic hydroxyl groups excluding tert-OH is 1. The minimum absolute atomic E-state index is 0.299. The van der Waals surface area contributed by atoms with Gasteiger partial charge in [-0.25, -0.2) is 4.39 Å². The highest BCUT2D eigenvalue weighted by Gasteiger charge is 2.14. The molecule has 4 heteroatoms. The quantitative estimate of drug-likeness (QED) is 0.940. The summed E-state index contributed by atoms with van der Waals surface area (Å²) in [6.07, 6.45) is 1.08. The maximum Gasteiger partial charge on any atom is 0.129 e. The van der Waals surface area contributed by atoms with Gasteiger partial charge in [-0.2, -0.15) is 0 Å². The van der Waals surface area contributed by atoms with Gasteiger partial charge in [-0.3, -0.25) is 4.98 Å². The standard InChI is InChI=1S/C14H13BrFNO/c1-9-2-5-13(16)12(6-9)14(18)7-11-4-3-10(15)8-17-11/h2-6,8,14,18H,7H2,1H3. The number of aliphatic hydroxyl groups is 1. The molecule has 1 aromatic heterocycles. The number of halogens is 2. The summed E-state index contributed by atoms with van der Waals surface area (Å²) in [6, 6.07) is 8.38. The van der Waals surface area contributed by atoms with Gasteiger partial charge < -0.3 is 5.11 Å². The third kappa shape index (κ3) is 3.15. The SMILES string of the molecule is Cc1ccc(F)c(C(O)Cc2ccc(Br)cn2)c1. The number of nitrogens with zero attached hydrogens (tertiary/aromatic N) is 1. The molecule has 1 N–H and O–H groups in total. The lowest BCUT2D eigenvalue weighted by Gasteiger charge is -2.12. The van der Waals surface area contributed by atoms with E-state index in [-0.39, 0.29) is 5.82 Å². The van der Waals surface area contributed by atoms with Crippen molar-refractivity contribution < 1.29 is 9.50 Å². The van der Waals surface area contributed by atoms with Crippen LogP contribution in [0.5, 0.6) is 0 Å². The zero-order valence-corrected chi connectivity index (χ0v) is 11.5. The summed E-state index contributed by atoms with van der Waals surface area (Å²) >= 11 is 3.29. The monoisotopic (exact) mass is 309 g/mol. The highest BCUT2D eigenvalue weighted by molar-refractivity contribution is 9.10. The molecule has 0 bridgehead atoms. The van der Waals surface area contributed by atoms with Gasteiger partial charge in [0.2, 0.25) is 0 Å². The van der Waals surface area contributed by atoms with Gasteiger partial charge in [0.15, 0.2) is 0 Å². The van der Waals surface area contributed by atoms with E-state index in [2.05, 4.69) is 20.9 Å². The summed E-state index contributed by atoms with van der Waals surface area (Å²) in [4.78, 5) is 4.17. The van der Waals surface area contributed by atoms with Crippen molar-refractivity contribution in [3.63, 3.8) is 0 Å². The van der Waals surface area contributed by atoms with Crippen LogP contribution in [0.3, 0.4) is 0 Å². The molecule has 1 heterocycles. The first-order chi connectivity index (χ1) is 8.56. The smallest absolute Gasteiger partial charge is 0.129 e. The number of rotatable bonds is 3. The lowest BCUT2D eigenvalue weighted by molar-refractivity contribution is 0.172. The first kappa shape index (κ1) is 13.2. The van der Waals surface area contributed by atoms with Gasteiger partial charge >= 0.3 is 0 Å². The third-order valence-corrected chi connectivity index (χ3v) is 3.17. The highest BCUT2D eigenvalue weighted by Crippen LogP contribution is 2.22. The van der Waals surface area contributed by atoms with Crippen LogP contribution in [0.1, 0.15) is 22.9 Å². The Morgan fingerprint density at radius 3 is 2.78 bits per heavy atom. The minimum Gasteiger partial charge on any atom is -0.388 e. The first-order valence-electron chi connectivity index (χ1n) is 5.61. The number of pyridine rings is 1. The molecule has 1 aromatic carbocycles. The first-order valence-corrected chi connectivity index (χ1v) is 6.40. The van der Waals surface area contributed by atoms with Gasteiger partial charge in [-0.1, -0.05) is 17.7 Å². The summed E-state index contributed by atoms with van der Waals surface area (Å²) in [5, 5.41) is 10.1. The van der Waals surface area contributed by atoms with E-state index >= 15 is 0 Å². The van der Waals surface area contributed by atoms with Crippen molar-refractivity contribution in [2.75, 3.05) is 0 Å². The maximum atomic E-state index is 13.6. The maximum absolute atomic E-state index is 13.6. The molecule has 0 aliphatic carbocycles. The number of aryl methyl sites for hydroxylation is 1. The second kappa shape index (κ2) is 5.59. The number of hydrogen-bond donors (Lipinski definition) is 1. The number of benzene rings is 1. The Bertz CT molecular complexity index is 542. The van der Waals surface area contributed by atoms with Crippen molar-refractivity contribution in [3.05, 3.63) is 63.6 Å². The fourth-order valence-electron chi connectivity index (χ4n) is 1.75. The molecule has 2 rings (SSSR count). The average Bonchev–Trinajstić information content (AvgIpc) is 2.35. The lowest BCUT2D eigenvalue weighted by Crippen LogP contribution is -2.06. The summed E-state index contributed by atoms with van der Waals surface area (Å²) in [5.74, 6) is -0.384. The Morgan fingerprint density at radius 1 is 1.33 bits per heavy atom. The van der Waals surface area contributed by atoms with E-state index in [1.165, 1.54) is 6.07 Å². The van der Waals surface area contributed by atoms with Crippen LogP contribution in [-0.2, 0) is 6.42 Å². The third-order valence-electron chi connectivity index (χ3n) is 2.70. The van der Waals surface area contributed by atoms with Gasteiger partial charge in [0, 0.05) is 28.3 Å². The summed E-state index contributed by atoms with van der Waals surface area (Å²) in [5.41, 5.74) is 1.97. The molecule has 0 spiro atoms. The van der Waals surface area contributed by atoms with Crippen molar-refractivity contribution in [1.82, 2.24) is 4.98 Å². The molecule has 0 aliphatic heterocycles. The van der Waals surface area contributed by atoms with Crippen LogP contribution in [0.2, 0.25) is 0 Å². The van der Waals surface area contributed by atoms with E-state index in [4.69, 9.17) is 0 Å². The van der Waals surface area contributed by atoms with Crippen LogP contribution in [-0.4, -0.2) is 10.1 Å². The Balaban J connectivity index is 2.18. The van der Waals surface area contributed by atoms with E-state index in [1.54, 1.807) is 24.4 Å². The molecule has 0 saturated heterocycles. The molecule has 0 amide bonds. The van der Waals surface area contributed by atoms with E-state index in [0.717, 1.165) is 15.7 Å².